The fourth-order valence-corrected chi connectivity index (χ4v) is 3.44. The van der Waals surface area contributed by atoms with Gasteiger partial charge in [0.25, 0.3) is 11.8 Å². The molecular weight excluding hydrogens is 382 g/mol. The molecule has 148 valence electrons. The van der Waals surface area contributed by atoms with E-state index in [9.17, 15) is 24.3 Å². The van der Waals surface area contributed by atoms with Crippen molar-refractivity contribution in [2.24, 2.45) is 0 Å². The number of amides is 2. The van der Waals surface area contributed by atoms with E-state index in [2.05, 4.69) is 0 Å². The Labute approximate surface area is 172 Å². The molecule has 0 aliphatic carbocycles. The highest BCUT2D eigenvalue weighted by Crippen LogP contribution is 2.30. The highest BCUT2D eigenvalue weighted by atomic mass is 16.4. The van der Waals surface area contributed by atoms with Crippen molar-refractivity contribution in [1.29, 1.82) is 0 Å². The van der Waals surface area contributed by atoms with Crippen molar-refractivity contribution < 1.29 is 24.3 Å². The number of hydrogen-bond acceptors (Lipinski definition) is 5. The zero-order valence-corrected chi connectivity index (χ0v) is 16.3. The number of aromatic carboxylic acids is 1. The monoisotopic (exact) mass is 398 g/mol. The van der Waals surface area contributed by atoms with Gasteiger partial charge in [0.2, 0.25) is 0 Å². The summed E-state index contributed by atoms with van der Waals surface area (Å²) >= 11 is 0. The van der Waals surface area contributed by atoms with Gasteiger partial charge < -0.3 is 9.90 Å². The van der Waals surface area contributed by atoms with Crippen molar-refractivity contribution in [3.05, 3.63) is 99.6 Å². The summed E-state index contributed by atoms with van der Waals surface area (Å²) in [6, 6.07) is 15.3. The van der Waals surface area contributed by atoms with E-state index in [0.717, 1.165) is 22.1 Å². The number of anilines is 1. The first-order chi connectivity index (χ1) is 14.3. The summed E-state index contributed by atoms with van der Waals surface area (Å²) in [6.07, 6.45) is 0. The number of nitrogens with zero attached hydrogens (tertiary/aromatic N) is 1. The molecule has 30 heavy (non-hydrogen) atoms. The Morgan fingerprint density at radius 3 is 2.10 bits per heavy atom. The molecule has 0 radical (unpaired) electrons. The van der Waals surface area contributed by atoms with Gasteiger partial charge >= 0.3 is 0 Å². The van der Waals surface area contributed by atoms with E-state index >= 15 is 0 Å². The number of carboxylic acids is 1. The normalized spacial score (nSPS) is 12.8. The summed E-state index contributed by atoms with van der Waals surface area (Å²) < 4.78 is 0. The first-order valence-corrected chi connectivity index (χ1v) is 9.24. The molecule has 1 aliphatic heterocycles. The van der Waals surface area contributed by atoms with Crippen LogP contribution in [0.2, 0.25) is 0 Å². The summed E-state index contributed by atoms with van der Waals surface area (Å²) in [4.78, 5) is 50.5. The molecule has 0 atom stereocenters. The molecule has 6 nitrogen and oxygen atoms in total. The first kappa shape index (κ1) is 19.3. The van der Waals surface area contributed by atoms with E-state index in [0.29, 0.717) is 11.1 Å². The van der Waals surface area contributed by atoms with Gasteiger partial charge in [-0.05, 0) is 60.9 Å². The quantitative estimate of drug-likeness (QED) is 0.497. The molecule has 4 rings (SSSR count). The van der Waals surface area contributed by atoms with Crippen LogP contribution in [-0.2, 0) is 0 Å². The summed E-state index contributed by atoms with van der Waals surface area (Å²) in [5.41, 5.74) is 3.06. The van der Waals surface area contributed by atoms with Gasteiger partial charge in [-0.1, -0.05) is 30.3 Å². The van der Waals surface area contributed by atoms with E-state index in [1.165, 1.54) is 18.2 Å². The highest BCUT2D eigenvalue weighted by molar-refractivity contribution is 6.34. The average Bonchev–Trinajstić information content (AvgIpc) is 2.99. The van der Waals surface area contributed by atoms with Crippen LogP contribution >= 0.6 is 0 Å². The van der Waals surface area contributed by atoms with Gasteiger partial charge in [-0.3, -0.25) is 14.4 Å². The van der Waals surface area contributed by atoms with Gasteiger partial charge in [-0.2, -0.15) is 0 Å². The third-order valence-corrected chi connectivity index (χ3v) is 5.26. The van der Waals surface area contributed by atoms with Gasteiger partial charge in [0.1, 0.15) is 0 Å². The number of fused-ring (bicyclic) bond motifs is 1. The predicted octanol–water partition coefficient (Wildman–Crippen LogP) is 2.70. The zero-order valence-electron chi connectivity index (χ0n) is 16.3. The topological polar surface area (TPSA) is 94.6 Å². The van der Waals surface area contributed by atoms with Crippen LogP contribution in [-0.4, -0.2) is 23.6 Å². The molecule has 3 aromatic rings. The smallest absolute Gasteiger partial charge is 0.266 e. The molecule has 0 bridgehead atoms. The minimum atomic E-state index is -1.43. The lowest BCUT2D eigenvalue weighted by Crippen LogP contribution is -2.29. The van der Waals surface area contributed by atoms with E-state index < -0.39 is 17.8 Å². The van der Waals surface area contributed by atoms with Crippen LogP contribution in [0.3, 0.4) is 0 Å². The number of ketones is 1. The molecule has 6 heteroatoms. The molecule has 3 aromatic carbocycles. The van der Waals surface area contributed by atoms with Gasteiger partial charge in [0, 0.05) is 11.1 Å². The summed E-state index contributed by atoms with van der Waals surface area (Å²) in [5.74, 6) is -2.88. The van der Waals surface area contributed by atoms with Gasteiger partial charge in [-0.15, -0.1) is 0 Å². The molecule has 0 N–H and O–H groups in total. The van der Waals surface area contributed by atoms with Crippen LogP contribution in [0.15, 0.2) is 60.7 Å². The number of imide groups is 1. The van der Waals surface area contributed by atoms with Gasteiger partial charge in [0.05, 0.1) is 22.8 Å². The number of hydrogen-bond donors (Lipinski definition) is 0. The number of carbonyl (C=O) groups excluding carboxylic acids is 4. The molecule has 1 aliphatic rings. The lowest BCUT2D eigenvalue weighted by Gasteiger charge is -2.15. The van der Waals surface area contributed by atoms with Crippen LogP contribution in [0.4, 0.5) is 5.69 Å². The van der Waals surface area contributed by atoms with Crippen LogP contribution in [0.5, 0.6) is 0 Å². The number of carboxylic acid groups (broad SMARTS) is 1. The number of benzene rings is 3. The Balaban J connectivity index is 1.71. The Morgan fingerprint density at radius 1 is 0.733 bits per heavy atom. The molecule has 0 saturated carbocycles. The summed E-state index contributed by atoms with van der Waals surface area (Å²) in [5, 5.41) is 11.1. The Hall–Kier alpha value is -4.06. The van der Waals surface area contributed by atoms with Crippen LogP contribution < -0.4 is 10.0 Å². The minimum Gasteiger partial charge on any atom is -0.545 e. The van der Waals surface area contributed by atoms with Crippen molar-refractivity contribution in [1.82, 2.24) is 0 Å². The summed E-state index contributed by atoms with van der Waals surface area (Å²) in [7, 11) is 0. The second kappa shape index (κ2) is 7.08. The minimum absolute atomic E-state index is 0.00686. The summed E-state index contributed by atoms with van der Waals surface area (Å²) in [6.45, 7) is 3.88. The SMILES string of the molecule is Cc1ccc(C(=O)c2cccc(N3C(=O)c4ccc(C(=O)[O-])cc4C3=O)c2)cc1C. The molecular formula is C24H16NO5-. The van der Waals surface area contributed by atoms with Crippen molar-refractivity contribution >= 4 is 29.3 Å². The fourth-order valence-electron chi connectivity index (χ4n) is 3.44. The Kier molecular flexibility index (Phi) is 4.54. The lowest BCUT2D eigenvalue weighted by molar-refractivity contribution is -0.255. The molecule has 0 unspecified atom stereocenters. The third kappa shape index (κ3) is 3.08. The van der Waals surface area contributed by atoms with Crippen LogP contribution in [0.1, 0.15) is 58.1 Å². The maximum Gasteiger partial charge on any atom is 0.266 e. The first-order valence-electron chi connectivity index (χ1n) is 9.24. The highest BCUT2D eigenvalue weighted by Gasteiger charge is 2.37. The van der Waals surface area contributed by atoms with E-state index in [1.807, 2.05) is 19.9 Å². The number of rotatable bonds is 4. The molecule has 0 saturated heterocycles. The lowest BCUT2D eigenvalue weighted by atomic mass is 9.99. The Morgan fingerprint density at radius 2 is 1.40 bits per heavy atom. The molecule has 1 heterocycles. The predicted molar refractivity (Wildman–Crippen MR) is 108 cm³/mol. The molecule has 0 fully saturated rings. The van der Waals surface area contributed by atoms with Gasteiger partial charge in [-0.25, -0.2) is 4.90 Å². The fraction of sp³-hybridized carbons (Fsp3) is 0.0833. The zero-order chi connectivity index (χ0) is 21.6. The van der Waals surface area contributed by atoms with Crippen molar-refractivity contribution in [3.8, 4) is 0 Å². The maximum atomic E-state index is 12.9. The van der Waals surface area contributed by atoms with Crippen LogP contribution in [0.25, 0.3) is 0 Å². The van der Waals surface area contributed by atoms with Crippen molar-refractivity contribution in [3.63, 3.8) is 0 Å². The average molecular weight is 398 g/mol. The van der Waals surface area contributed by atoms with E-state index in [4.69, 9.17) is 0 Å². The number of carbonyl (C=O) groups is 4. The van der Waals surface area contributed by atoms with Gasteiger partial charge in [0.15, 0.2) is 5.78 Å². The molecule has 0 spiro atoms. The van der Waals surface area contributed by atoms with Crippen molar-refractivity contribution in [2.45, 2.75) is 13.8 Å². The van der Waals surface area contributed by atoms with E-state index in [1.54, 1.807) is 30.3 Å². The van der Waals surface area contributed by atoms with Crippen molar-refractivity contribution in [2.75, 3.05) is 4.90 Å². The number of aryl methyl sites for hydroxylation is 2. The second-order valence-electron chi connectivity index (χ2n) is 7.17. The standard InChI is InChI=1S/C24H17NO5/c1-13-6-7-16(10-14(13)2)21(26)15-4-3-5-18(11-15)25-22(27)19-9-8-17(24(29)30)12-20(19)23(25)28/h3-12H,1-2H3,(H,29,30)/p-1. The molecule has 0 aromatic heterocycles. The Bertz CT molecular complexity index is 1260. The van der Waals surface area contributed by atoms with E-state index in [-0.39, 0.29) is 28.2 Å². The van der Waals surface area contributed by atoms with Crippen LogP contribution in [0, 0.1) is 13.8 Å². The third-order valence-electron chi connectivity index (χ3n) is 5.26. The molecule has 2 amide bonds. The largest absolute Gasteiger partial charge is 0.545 e. The second-order valence-corrected chi connectivity index (χ2v) is 7.17. The maximum absolute atomic E-state index is 12.9.